The number of nitrogens with zero attached hydrogens (tertiary/aromatic N) is 4. The molecular weight excluding hydrogens is 542 g/mol. The Hall–Kier alpha value is -4.23. The first-order valence-corrected chi connectivity index (χ1v) is 12.4. The number of nitrogens with two attached hydrogens (primary N) is 2. The number of carbonyl (C=O) groups excluding carboxylic acids is 1. The first kappa shape index (κ1) is 25.9. The van der Waals surface area contributed by atoms with Crippen molar-refractivity contribution in [2.45, 2.75) is 44.2 Å². The number of hydrogen-bond acceptors (Lipinski definition) is 11. The van der Waals surface area contributed by atoms with E-state index in [1.807, 2.05) is 12.3 Å². The highest BCUT2D eigenvalue weighted by atomic mass is 79.9. The number of rotatable bonds is 6. The van der Waals surface area contributed by atoms with E-state index >= 15 is 0 Å². The Labute approximate surface area is 222 Å². The van der Waals surface area contributed by atoms with E-state index in [1.54, 1.807) is 12.1 Å². The maximum atomic E-state index is 12.5. The fraction of sp³-hybridized carbons (Fsp3) is 0.375. The van der Waals surface area contributed by atoms with Crippen molar-refractivity contribution in [1.29, 1.82) is 10.5 Å². The van der Waals surface area contributed by atoms with Crippen molar-refractivity contribution in [3.8, 4) is 23.8 Å². The normalized spacial score (nSPS) is 16.8. The molecule has 1 atom stereocenters. The number of nitrogens with one attached hydrogen (secondary N) is 3. The summed E-state index contributed by atoms with van der Waals surface area (Å²) in [5.41, 5.74) is 13.4. The lowest BCUT2D eigenvalue weighted by molar-refractivity contribution is -0.124. The van der Waals surface area contributed by atoms with Crippen LogP contribution in [0.3, 0.4) is 0 Å². The summed E-state index contributed by atoms with van der Waals surface area (Å²) in [6.45, 7) is -0.170. The van der Waals surface area contributed by atoms with Gasteiger partial charge in [0, 0.05) is 11.6 Å². The van der Waals surface area contributed by atoms with Gasteiger partial charge in [0.1, 0.15) is 29.3 Å². The summed E-state index contributed by atoms with van der Waals surface area (Å²) in [6.07, 6.45) is 7.20. The molecule has 12 nitrogen and oxygen atoms in total. The second kappa shape index (κ2) is 11.2. The summed E-state index contributed by atoms with van der Waals surface area (Å²) in [5, 5.41) is 27.0. The number of guanidine groups is 1. The number of hydrogen-bond donors (Lipinski definition) is 5. The van der Waals surface area contributed by atoms with Gasteiger partial charge >= 0.3 is 0 Å². The Kier molecular flexibility index (Phi) is 7.84. The first-order valence-electron chi connectivity index (χ1n) is 11.6. The number of anilines is 3. The van der Waals surface area contributed by atoms with Gasteiger partial charge < -0.3 is 31.6 Å². The number of carbonyl (C=O) groups is 1. The van der Waals surface area contributed by atoms with Crippen molar-refractivity contribution in [3.63, 3.8) is 0 Å². The van der Waals surface area contributed by atoms with Gasteiger partial charge in [-0.3, -0.25) is 10.1 Å². The minimum Gasteiger partial charge on any atom is -0.493 e. The molecule has 1 aromatic carbocycles. The van der Waals surface area contributed by atoms with Gasteiger partial charge in [0.15, 0.2) is 24.3 Å². The van der Waals surface area contributed by atoms with Crippen LogP contribution in [0.5, 0.6) is 11.5 Å². The number of aliphatic imine (C=N–C) groups is 1. The predicted octanol–water partition coefficient (Wildman–Crippen LogP) is 2.66. The largest absolute Gasteiger partial charge is 0.493 e. The standard InChI is InChI=1S/C24H26BrN9O3/c1-36-16-8-12(7-15(25)21(16)37-10-17(35)31-13-5-3-2-4-6-13)20-18-19(28)14(9-26)22(29)33-23(18)34-24(32-20)30-11-27/h7-8,13,20H,2-6,10H2,1H3,(H,31,35)(H6,28,29,30,32,33,34). The molecule has 4 rings (SSSR count). The van der Waals surface area contributed by atoms with Gasteiger partial charge in [0.2, 0.25) is 5.96 Å². The fourth-order valence-corrected chi connectivity index (χ4v) is 5.09. The van der Waals surface area contributed by atoms with Crippen LogP contribution in [0.25, 0.3) is 0 Å². The third-order valence-corrected chi connectivity index (χ3v) is 6.83. The molecule has 0 spiro atoms. The maximum Gasteiger partial charge on any atom is 0.258 e. The molecular formula is C24H26BrN9O3. The van der Waals surface area contributed by atoms with Crippen LogP contribution in [0.4, 0.5) is 17.3 Å². The number of nitrogen functional groups attached to an aromatic ring is 2. The average molecular weight is 568 g/mol. The third-order valence-electron chi connectivity index (χ3n) is 6.24. The number of aromatic nitrogens is 1. The van der Waals surface area contributed by atoms with Gasteiger partial charge in [-0.05, 0) is 46.5 Å². The number of fused-ring (bicyclic) bond motifs is 1. The quantitative estimate of drug-likeness (QED) is 0.255. The number of halogens is 1. The van der Waals surface area contributed by atoms with Gasteiger partial charge in [-0.25, -0.2) is 9.98 Å². The highest BCUT2D eigenvalue weighted by molar-refractivity contribution is 9.10. The highest BCUT2D eigenvalue weighted by Gasteiger charge is 2.31. The summed E-state index contributed by atoms with van der Waals surface area (Å²) < 4.78 is 11.9. The van der Waals surface area contributed by atoms with Crippen LogP contribution < -0.4 is 36.9 Å². The predicted molar refractivity (Wildman–Crippen MR) is 141 cm³/mol. The molecule has 7 N–H and O–H groups in total. The molecule has 37 heavy (non-hydrogen) atoms. The van der Waals surface area contributed by atoms with Crippen LogP contribution in [-0.4, -0.2) is 36.6 Å². The van der Waals surface area contributed by atoms with E-state index in [0.717, 1.165) is 25.7 Å². The zero-order valence-electron chi connectivity index (χ0n) is 20.1. The molecule has 1 fully saturated rings. The van der Waals surface area contributed by atoms with Crippen molar-refractivity contribution in [1.82, 2.24) is 15.6 Å². The summed E-state index contributed by atoms with van der Waals surface area (Å²) in [6, 6.07) is 4.82. The lowest BCUT2D eigenvalue weighted by atomic mass is 9.95. The molecule has 0 bridgehead atoms. The molecule has 1 aliphatic heterocycles. The number of pyridine rings is 1. The van der Waals surface area contributed by atoms with E-state index in [1.165, 1.54) is 13.5 Å². The van der Waals surface area contributed by atoms with Crippen molar-refractivity contribution < 1.29 is 14.3 Å². The molecule has 1 unspecified atom stereocenters. The number of methoxy groups -OCH3 is 1. The van der Waals surface area contributed by atoms with Crippen molar-refractivity contribution >= 4 is 45.1 Å². The van der Waals surface area contributed by atoms with Crippen molar-refractivity contribution in [3.05, 3.63) is 33.3 Å². The molecule has 2 aromatic rings. The number of nitriles is 2. The minimum absolute atomic E-state index is 0.0346. The topological polar surface area (TPSA) is 196 Å². The molecule has 192 valence electrons. The second-order valence-electron chi connectivity index (χ2n) is 8.63. The number of ether oxygens (including phenoxy) is 2. The Morgan fingerprint density at radius 1 is 1.27 bits per heavy atom. The lowest BCUT2D eigenvalue weighted by Gasteiger charge is -2.27. The molecule has 1 saturated carbocycles. The van der Waals surface area contributed by atoms with E-state index in [9.17, 15) is 10.1 Å². The molecule has 2 heterocycles. The van der Waals surface area contributed by atoms with Gasteiger partial charge in [-0.1, -0.05) is 19.3 Å². The van der Waals surface area contributed by atoms with E-state index in [2.05, 4.69) is 41.9 Å². The number of amides is 1. The van der Waals surface area contributed by atoms with Crippen LogP contribution in [0.1, 0.15) is 54.8 Å². The second-order valence-corrected chi connectivity index (χ2v) is 9.48. The molecule has 1 aliphatic carbocycles. The van der Waals surface area contributed by atoms with E-state index < -0.39 is 6.04 Å². The molecule has 13 heteroatoms. The van der Waals surface area contributed by atoms with Crippen molar-refractivity contribution in [2.75, 3.05) is 30.5 Å². The number of benzene rings is 1. The van der Waals surface area contributed by atoms with Crippen LogP contribution in [0.15, 0.2) is 21.6 Å². The Morgan fingerprint density at radius 3 is 2.70 bits per heavy atom. The summed E-state index contributed by atoms with van der Waals surface area (Å²) >= 11 is 3.51. The van der Waals surface area contributed by atoms with Crippen LogP contribution in [0.2, 0.25) is 0 Å². The Balaban J connectivity index is 1.65. The van der Waals surface area contributed by atoms with Gasteiger partial charge in [-0.2, -0.15) is 10.5 Å². The van der Waals surface area contributed by atoms with Crippen LogP contribution in [0, 0.1) is 22.8 Å². The van der Waals surface area contributed by atoms with Crippen molar-refractivity contribution in [2.24, 2.45) is 4.99 Å². The average Bonchev–Trinajstić information content (AvgIpc) is 2.88. The zero-order chi connectivity index (χ0) is 26.5. The SMILES string of the molecule is COc1cc(C2N=C(NC#N)Nc3nc(N)c(C#N)c(N)c32)cc(Br)c1OCC(=O)NC1CCCCC1. The summed E-state index contributed by atoms with van der Waals surface area (Å²) in [4.78, 5) is 21.3. The molecule has 1 aromatic heterocycles. The van der Waals surface area contributed by atoms with E-state index in [4.69, 9.17) is 26.2 Å². The van der Waals surface area contributed by atoms with Crippen LogP contribution in [-0.2, 0) is 4.79 Å². The van der Waals surface area contributed by atoms with E-state index in [0.29, 0.717) is 27.1 Å². The van der Waals surface area contributed by atoms with Gasteiger partial charge in [0.25, 0.3) is 5.91 Å². The Morgan fingerprint density at radius 2 is 2.03 bits per heavy atom. The Bertz CT molecular complexity index is 1330. The molecule has 0 radical (unpaired) electrons. The van der Waals surface area contributed by atoms with Gasteiger partial charge in [-0.15, -0.1) is 0 Å². The smallest absolute Gasteiger partial charge is 0.258 e. The lowest BCUT2D eigenvalue weighted by Crippen LogP contribution is -2.39. The molecule has 2 aliphatic rings. The minimum atomic E-state index is -0.763. The maximum absolute atomic E-state index is 12.5. The highest BCUT2D eigenvalue weighted by Crippen LogP contribution is 2.45. The van der Waals surface area contributed by atoms with Crippen LogP contribution >= 0.6 is 15.9 Å². The monoisotopic (exact) mass is 567 g/mol. The third kappa shape index (κ3) is 5.47. The van der Waals surface area contributed by atoms with E-state index in [-0.39, 0.29) is 47.4 Å². The zero-order valence-corrected chi connectivity index (χ0v) is 21.7. The summed E-state index contributed by atoms with van der Waals surface area (Å²) in [5.74, 6) is 0.848. The molecule has 0 saturated heterocycles. The fourth-order valence-electron chi connectivity index (χ4n) is 4.51. The first-order chi connectivity index (χ1) is 17.9. The summed E-state index contributed by atoms with van der Waals surface area (Å²) in [7, 11) is 1.48. The molecule has 1 amide bonds. The van der Waals surface area contributed by atoms with Gasteiger partial charge in [0.05, 0.1) is 17.3 Å².